The number of methoxy groups -OCH3 is 4. The van der Waals surface area contributed by atoms with Gasteiger partial charge in [0.15, 0.2) is 23.9 Å². The zero-order chi connectivity index (χ0) is 19.1. The van der Waals surface area contributed by atoms with E-state index in [1.165, 1.54) is 40.6 Å². The monoisotopic (exact) mass is 360 g/mol. The van der Waals surface area contributed by atoms with Gasteiger partial charge in [-0.3, -0.25) is 4.79 Å². The lowest BCUT2D eigenvalue weighted by Gasteiger charge is -2.11. The van der Waals surface area contributed by atoms with Gasteiger partial charge in [-0.2, -0.15) is 0 Å². The molecule has 0 unspecified atom stereocenters. The van der Waals surface area contributed by atoms with Gasteiger partial charge in [0, 0.05) is 11.6 Å². The van der Waals surface area contributed by atoms with Crippen LogP contribution in [0.1, 0.15) is 20.7 Å². The van der Waals surface area contributed by atoms with Crippen molar-refractivity contribution in [2.24, 2.45) is 0 Å². The topological polar surface area (TPSA) is 80.3 Å². The molecule has 0 bridgehead atoms. The lowest BCUT2D eigenvalue weighted by Crippen LogP contribution is -2.15. The molecule has 0 aliphatic rings. The molecule has 0 aromatic heterocycles. The molecule has 0 saturated heterocycles. The molecule has 7 nitrogen and oxygen atoms in total. The summed E-state index contributed by atoms with van der Waals surface area (Å²) in [4.78, 5) is 24.5. The second-order valence-corrected chi connectivity index (χ2v) is 5.14. The van der Waals surface area contributed by atoms with Gasteiger partial charge in [0.1, 0.15) is 17.1 Å². The fourth-order valence-electron chi connectivity index (χ4n) is 2.27. The molecule has 0 amide bonds. The maximum Gasteiger partial charge on any atom is 0.342 e. The van der Waals surface area contributed by atoms with E-state index < -0.39 is 12.6 Å². The molecule has 2 aromatic rings. The van der Waals surface area contributed by atoms with Crippen molar-refractivity contribution >= 4 is 11.8 Å². The third kappa shape index (κ3) is 4.24. The molecule has 26 heavy (non-hydrogen) atoms. The lowest BCUT2D eigenvalue weighted by molar-refractivity contribution is 0.0471. The Morgan fingerprint density at radius 1 is 0.769 bits per heavy atom. The van der Waals surface area contributed by atoms with E-state index in [9.17, 15) is 9.59 Å². The van der Waals surface area contributed by atoms with E-state index in [2.05, 4.69) is 0 Å². The van der Waals surface area contributed by atoms with Gasteiger partial charge in [-0.25, -0.2) is 4.79 Å². The maximum atomic E-state index is 12.3. The largest absolute Gasteiger partial charge is 0.497 e. The Morgan fingerprint density at radius 3 is 2.08 bits per heavy atom. The zero-order valence-electron chi connectivity index (χ0n) is 15.0. The molecular formula is C19H20O7. The van der Waals surface area contributed by atoms with Crippen molar-refractivity contribution in [3.63, 3.8) is 0 Å². The molecular weight excluding hydrogens is 340 g/mol. The molecule has 0 saturated carbocycles. The standard InChI is InChI=1S/C19H20O7/c1-22-13-6-7-14(17(10-13)24-3)19(21)26-11-15(20)12-5-8-16(23-2)18(9-12)25-4/h5-10H,11H2,1-4H3. The molecule has 0 N–H and O–H groups in total. The molecule has 0 fully saturated rings. The summed E-state index contributed by atoms with van der Waals surface area (Å²) in [6.07, 6.45) is 0. The van der Waals surface area contributed by atoms with Crippen LogP contribution in [0.2, 0.25) is 0 Å². The van der Waals surface area contributed by atoms with Gasteiger partial charge in [0.25, 0.3) is 0 Å². The molecule has 138 valence electrons. The van der Waals surface area contributed by atoms with E-state index in [-0.39, 0.29) is 11.3 Å². The molecule has 0 radical (unpaired) electrons. The lowest BCUT2D eigenvalue weighted by atomic mass is 10.1. The van der Waals surface area contributed by atoms with Gasteiger partial charge in [-0.05, 0) is 30.3 Å². The van der Waals surface area contributed by atoms with Gasteiger partial charge >= 0.3 is 5.97 Å². The first kappa shape index (κ1) is 19.1. The first-order chi connectivity index (χ1) is 12.5. The van der Waals surface area contributed by atoms with Gasteiger partial charge in [-0.1, -0.05) is 0 Å². The zero-order valence-corrected chi connectivity index (χ0v) is 15.0. The number of benzene rings is 2. The summed E-state index contributed by atoms with van der Waals surface area (Å²) in [6.45, 7) is -0.413. The number of hydrogen-bond acceptors (Lipinski definition) is 7. The minimum absolute atomic E-state index is 0.202. The third-order valence-corrected chi connectivity index (χ3v) is 3.67. The van der Waals surface area contributed by atoms with Crippen LogP contribution in [-0.4, -0.2) is 46.8 Å². The van der Waals surface area contributed by atoms with Crippen LogP contribution in [0.5, 0.6) is 23.0 Å². The van der Waals surface area contributed by atoms with Gasteiger partial charge in [0.2, 0.25) is 0 Å². The highest BCUT2D eigenvalue weighted by molar-refractivity contribution is 6.00. The molecule has 0 aliphatic heterocycles. The van der Waals surface area contributed by atoms with Crippen LogP contribution < -0.4 is 18.9 Å². The van der Waals surface area contributed by atoms with Crippen molar-refractivity contribution < 1.29 is 33.3 Å². The van der Waals surface area contributed by atoms with Crippen molar-refractivity contribution in [2.75, 3.05) is 35.0 Å². The van der Waals surface area contributed by atoms with Crippen LogP contribution in [0.4, 0.5) is 0 Å². The molecule has 0 spiro atoms. The van der Waals surface area contributed by atoms with E-state index in [0.29, 0.717) is 28.6 Å². The first-order valence-corrected chi connectivity index (χ1v) is 7.68. The fraction of sp³-hybridized carbons (Fsp3) is 0.263. The summed E-state index contributed by atoms with van der Waals surface area (Å²) < 4.78 is 25.6. The van der Waals surface area contributed by atoms with Crippen molar-refractivity contribution in [3.05, 3.63) is 47.5 Å². The van der Waals surface area contributed by atoms with Crippen LogP contribution in [0.25, 0.3) is 0 Å². The van der Waals surface area contributed by atoms with Crippen molar-refractivity contribution in [3.8, 4) is 23.0 Å². The Bertz CT molecular complexity index is 798. The van der Waals surface area contributed by atoms with Crippen molar-refractivity contribution in [1.82, 2.24) is 0 Å². The Hall–Kier alpha value is -3.22. The predicted molar refractivity (Wildman–Crippen MR) is 93.7 cm³/mol. The molecule has 0 aliphatic carbocycles. The number of rotatable bonds is 8. The summed E-state index contributed by atoms with van der Waals surface area (Å²) in [6, 6.07) is 9.40. The predicted octanol–water partition coefficient (Wildman–Crippen LogP) is 2.76. The SMILES string of the molecule is COc1ccc(C(=O)OCC(=O)c2ccc(OC)c(OC)c2)c(OC)c1. The highest BCUT2D eigenvalue weighted by Crippen LogP contribution is 2.28. The molecule has 2 aromatic carbocycles. The van der Waals surface area contributed by atoms with E-state index in [4.69, 9.17) is 23.7 Å². The summed E-state index contributed by atoms with van der Waals surface area (Å²) in [5.74, 6) is 0.725. The smallest absolute Gasteiger partial charge is 0.342 e. The second-order valence-electron chi connectivity index (χ2n) is 5.14. The highest BCUT2D eigenvalue weighted by atomic mass is 16.5. The maximum absolute atomic E-state index is 12.3. The first-order valence-electron chi connectivity index (χ1n) is 7.68. The number of esters is 1. The normalized spacial score (nSPS) is 10.0. The second kappa shape index (κ2) is 8.75. The summed E-state index contributed by atoms with van der Waals surface area (Å²) in [5, 5.41) is 0. The minimum atomic E-state index is -0.668. The number of ether oxygens (including phenoxy) is 5. The van der Waals surface area contributed by atoms with E-state index >= 15 is 0 Å². The summed E-state index contributed by atoms with van der Waals surface area (Å²) in [5.41, 5.74) is 0.547. The number of carbonyl (C=O) groups is 2. The Morgan fingerprint density at radius 2 is 1.46 bits per heavy atom. The van der Waals surface area contributed by atoms with Gasteiger partial charge in [0.05, 0.1) is 28.4 Å². The minimum Gasteiger partial charge on any atom is -0.497 e. The van der Waals surface area contributed by atoms with Gasteiger partial charge < -0.3 is 23.7 Å². The quantitative estimate of drug-likeness (QED) is 0.529. The Kier molecular flexibility index (Phi) is 6.43. The van der Waals surface area contributed by atoms with Crippen LogP contribution in [0, 0.1) is 0 Å². The van der Waals surface area contributed by atoms with Crippen molar-refractivity contribution in [2.45, 2.75) is 0 Å². The van der Waals surface area contributed by atoms with Crippen LogP contribution in [0.15, 0.2) is 36.4 Å². The number of carbonyl (C=O) groups excluding carboxylic acids is 2. The fourth-order valence-corrected chi connectivity index (χ4v) is 2.27. The third-order valence-electron chi connectivity index (χ3n) is 3.67. The van der Waals surface area contributed by atoms with E-state index in [0.717, 1.165) is 0 Å². The number of ketones is 1. The van der Waals surface area contributed by atoms with Crippen LogP contribution >= 0.6 is 0 Å². The molecule has 0 atom stereocenters. The number of Topliss-reactive ketones (excluding diaryl/α,β-unsaturated/α-hetero) is 1. The average molecular weight is 360 g/mol. The van der Waals surface area contributed by atoms with E-state index in [1.54, 1.807) is 24.3 Å². The van der Waals surface area contributed by atoms with Crippen molar-refractivity contribution in [1.29, 1.82) is 0 Å². The summed E-state index contributed by atoms with van der Waals surface area (Å²) >= 11 is 0. The Labute approximate surface area is 151 Å². The molecule has 2 rings (SSSR count). The highest BCUT2D eigenvalue weighted by Gasteiger charge is 2.17. The van der Waals surface area contributed by atoms with E-state index in [1.807, 2.05) is 0 Å². The molecule has 7 heteroatoms. The van der Waals surface area contributed by atoms with Crippen LogP contribution in [-0.2, 0) is 4.74 Å². The van der Waals surface area contributed by atoms with Gasteiger partial charge in [-0.15, -0.1) is 0 Å². The number of hydrogen-bond donors (Lipinski definition) is 0. The molecule has 0 heterocycles. The Balaban J connectivity index is 2.08. The average Bonchev–Trinajstić information content (AvgIpc) is 2.70. The summed E-state index contributed by atoms with van der Waals surface area (Å²) in [7, 11) is 5.92. The van der Waals surface area contributed by atoms with Crippen LogP contribution in [0.3, 0.4) is 0 Å².